The van der Waals surface area contributed by atoms with Crippen molar-refractivity contribution in [1.29, 1.82) is 0 Å². The second-order valence-corrected chi connectivity index (χ2v) is 5.40. The summed E-state index contributed by atoms with van der Waals surface area (Å²) in [5.41, 5.74) is 2.22. The number of hydrogen-bond acceptors (Lipinski definition) is 2. The highest BCUT2D eigenvalue weighted by molar-refractivity contribution is 5.86. The number of rotatable bonds is 3. The number of carbonyl (C=O) groups is 1. The largest absolute Gasteiger partial charge is 0.385 e. The number of nitrogens with one attached hydrogen (secondary N) is 2. The molecule has 3 nitrogen and oxygen atoms in total. The Balaban J connectivity index is 2.13. The van der Waals surface area contributed by atoms with E-state index in [1.54, 1.807) is 0 Å². The molecule has 2 unspecified atom stereocenters. The first-order valence-corrected chi connectivity index (χ1v) is 6.72. The molecule has 2 atom stereocenters. The Labute approximate surface area is 109 Å². The zero-order valence-electron chi connectivity index (χ0n) is 11.4. The maximum atomic E-state index is 12.3. The van der Waals surface area contributed by atoms with E-state index in [1.807, 2.05) is 24.3 Å². The molecule has 1 aromatic carbocycles. The minimum atomic E-state index is -0.0105. The molecule has 1 heterocycles. The van der Waals surface area contributed by atoms with Crippen LogP contribution < -0.4 is 10.6 Å². The Morgan fingerprint density at radius 3 is 2.78 bits per heavy atom. The molecule has 2 rings (SSSR count). The second-order valence-electron chi connectivity index (χ2n) is 5.40. The number of anilines is 1. The molecule has 2 N–H and O–H groups in total. The van der Waals surface area contributed by atoms with Crippen LogP contribution in [0.25, 0.3) is 0 Å². The van der Waals surface area contributed by atoms with Gasteiger partial charge in [0.25, 0.3) is 0 Å². The third kappa shape index (κ3) is 2.66. The van der Waals surface area contributed by atoms with Gasteiger partial charge in [0, 0.05) is 18.3 Å². The Kier molecular flexibility index (Phi) is 3.90. The Morgan fingerprint density at radius 1 is 1.33 bits per heavy atom. The maximum Gasteiger partial charge on any atom is 0.227 e. The van der Waals surface area contributed by atoms with Gasteiger partial charge in [0.05, 0.1) is 5.92 Å². The van der Waals surface area contributed by atoms with Gasteiger partial charge in [-0.25, -0.2) is 0 Å². The van der Waals surface area contributed by atoms with Crippen molar-refractivity contribution in [3.8, 4) is 0 Å². The van der Waals surface area contributed by atoms with E-state index in [1.165, 1.54) is 0 Å². The van der Waals surface area contributed by atoms with Gasteiger partial charge in [-0.05, 0) is 30.9 Å². The van der Waals surface area contributed by atoms with E-state index >= 15 is 0 Å². The summed E-state index contributed by atoms with van der Waals surface area (Å²) in [5, 5.41) is 6.47. The average Bonchev–Trinajstić information content (AvgIpc) is 2.37. The fraction of sp³-hybridized carbons (Fsp3) is 0.533. The van der Waals surface area contributed by atoms with Crippen molar-refractivity contribution in [1.82, 2.24) is 5.32 Å². The van der Waals surface area contributed by atoms with Crippen LogP contribution in [0.1, 0.15) is 38.7 Å². The van der Waals surface area contributed by atoms with Crippen LogP contribution in [0.5, 0.6) is 0 Å². The number of para-hydroxylation sites is 1. The van der Waals surface area contributed by atoms with Crippen LogP contribution in [0, 0.1) is 5.92 Å². The molecule has 1 aliphatic heterocycles. The fourth-order valence-corrected chi connectivity index (χ4v) is 2.23. The van der Waals surface area contributed by atoms with Crippen molar-refractivity contribution < 1.29 is 4.79 Å². The third-order valence-electron chi connectivity index (χ3n) is 3.77. The van der Waals surface area contributed by atoms with Gasteiger partial charge < -0.3 is 10.6 Å². The highest BCUT2D eigenvalue weighted by atomic mass is 16.1. The molecule has 0 radical (unpaired) electrons. The number of carbonyl (C=O) groups excluding carboxylic acids is 1. The van der Waals surface area contributed by atoms with E-state index in [9.17, 15) is 4.79 Å². The van der Waals surface area contributed by atoms with E-state index < -0.39 is 0 Å². The molecule has 0 saturated carbocycles. The second kappa shape index (κ2) is 5.42. The van der Waals surface area contributed by atoms with Crippen LogP contribution in [0.15, 0.2) is 24.3 Å². The number of hydrogen-bond donors (Lipinski definition) is 2. The van der Waals surface area contributed by atoms with Crippen LogP contribution in [0.2, 0.25) is 0 Å². The van der Waals surface area contributed by atoms with Crippen molar-refractivity contribution >= 4 is 11.6 Å². The third-order valence-corrected chi connectivity index (χ3v) is 3.77. The molecule has 0 aromatic heterocycles. The predicted octanol–water partition coefficient (Wildman–Crippen LogP) is 2.75. The molecular weight excluding hydrogens is 224 g/mol. The summed E-state index contributed by atoms with van der Waals surface area (Å²) in [6.07, 6.45) is 0.869. The molecule has 3 heteroatoms. The number of fused-ring (bicyclic) bond motifs is 1. The Morgan fingerprint density at radius 2 is 2.06 bits per heavy atom. The molecular formula is C15H22N2O. The minimum absolute atomic E-state index is 0.0105. The fourth-order valence-electron chi connectivity index (χ4n) is 2.23. The molecule has 18 heavy (non-hydrogen) atoms. The molecule has 98 valence electrons. The van der Waals surface area contributed by atoms with Gasteiger partial charge in [0.2, 0.25) is 5.91 Å². The highest BCUT2D eigenvalue weighted by Gasteiger charge is 2.27. The van der Waals surface area contributed by atoms with Gasteiger partial charge in [-0.15, -0.1) is 0 Å². The zero-order chi connectivity index (χ0) is 13.1. The summed E-state index contributed by atoms with van der Waals surface area (Å²) in [5.74, 6) is 0.611. The first-order chi connectivity index (χ1) is 8.59. The van der Waals surface area contributed by atoms with Gasteiger partial charge >= 0.3 is 0 Å². The monoisotopic (exact) mass is 246 g/mol. The lowest BCUT2D eigenvalue weighted by molar-refractivity contribution is -0.123. The smallest absolute Gasteiger partial charge is 0.227 e. The summed E-state index contributed by atoms with van der Waals surface area (Å²) in [6.45, 7) is 7.18. The first kappa shape index (κ1) is 12.9. The average molecular weight is 246 g/mol. The molecule has 0 aliphatic carbocycles. The van der Waals surface area contributed by atoms with Crippen LogP contribution in [-0.4, -0.2) is 18.5 Å². The van der Waals surface area contributed by atoms with Gasteiger partial charge in [-0.2, -0.15) is 0 Å². The number of benzene rings is 1. The van der Waals surface area contributed by atoms with E-state index in [0.717, 1.165) is 24.2 Å². The lowest BCUT2D eigenvalue weighted by Gasteiger charge is -2.28. The summed E-state index contributed by atoms with van der Waals surface area (Å²) < 4.78 is 0. The predicted molar refractivity (Wildman–Crippen MR) is 74.7 cm³/mol. The van der Waals surface area contributed by atoms with Crippen molar-refractivity contribution in [2.75, 3.05) is 11.9 Å². The highest BCUT2D eigenvalue weighted by Crippen LogP contribution is 2.31. The molecule has 0 saturated heterocycles. The maximum absolute atomic E-state index is 12.3. The van der Waals surface area contributed by atoms with Crippen molar-refractivity contribution in [2.24, 2.45) is 5.92 Å². The summed E-state index contributed by atoms with van der Waals surface area (Å²) >= 11 is 0. The SMILES string of the molecule is CC(C)C(C)NC(=O)C1CCNc2ccccc21. The number of amides is 1. The lowest BCUT2D eigenvalue weighted by atomic mass is 9.89. The summed E-state index contributed by atoms with van der Waals surface area (Å²) in [4.78, 5) is 12.3. The van der Waals surface area contributed by atoms with Crippen LogP contribution in [-0.2, 0) is 4.79 Å². The summed E-state index contributed by atoms with van der Waals surface area (Å²) in [7, 11) is 0. The van der Waals surface area contributed by atoms with Gasteiger partial charge in [0.15, 0.2) is 0 Å². The first-order valence-electron chi connectivity index (χ1n) is 6.72. The van der Waals surface area contributed by atoms with E-state index in [-0.39, 0.29) is 17.9 Å². The van der Waals surface area contributed by atoms with E-state index in [4.69, 9.17) is 0 Å². The molecule has 1 amide bonds. The van der Waals surface area contributed by atoms with Crippen LogP contribution in [0.3, 0.4) is 0 Å². The van der Waals surface area contributed by atoms with Crippen molar-refractivity contribution in [3.63, 3.8) is 0 Å². The van der Waals surface area contributed by atoms with Gasteiger partial charge in [0.1, 0.15) is 0 Å². The molecule has 0 bridgehead atoms. The van der Waals surface area contributed by atoms with Crippen LogP contribution in [0.4, 0.5) is 5.69 Å². The van der Waals surface area contributed by atoms with Gasteiger partial charge in [-0.1, -0.05) is 32.0 Å². The Hall–Kier alpha value is -1.51. The van der Waals surface area contributed by atoms with Gasteiger partial charge in [-0.3, -0.25) is 4.79 Å². The molecule has 1 aromatic rings. The normalized spacial score (nSPS) is 19.9. The topological polar surface area (TPSA) is 41.1 Å². The standard InChI is InChI=1S/C15H22N2O/c1-10(2)11(3)17-15(18)13-8-9-16-14-7-5-4-6-12(13)14/h4-7,10-11,13,16H,8-9H2,1-3H3,(H,17,18). The zero-order valence-corrected chi connectivity index (χ0v) is 11.4. The minimum Gasteiger partial charge on any atom is -0.385 e. The Bertz CT molecular complexity index is 428. The molecule has 1 aliphatic rings. The lowest BCUT2D eigenvalue weighted by Crippen LogP contribution is -2.40. The van der Waals surface area contributed by atoms with E-state index in [0.29, 0.717) is 5.92 Å². The van der Waals surface area contributed by atoms with E-state index in [2.05, 4.69) is 31.4 Å². The van der Waals surface area contributed by atoms with Crippen molar-refractivity contribution in [3.05, 3.63) is 29.8 Å². The molecule has 0 spiro atoms. The van der Waals surface area contributed by atoms with Crippen molar-refractivity contribution in [2.45, 2.75) is 39.2 Å². The summed E-state index contributed by atoms with van der Waals surface area (Å²) in [6, 6.07) is 8.31. The molecule has 0 fully saturated rings. The van der Waals surface area contributed by atoms with Crippen LogP contribution >= 0.6 is 0 Å². The quantitative estimate of drug-likeness (QED) is 0.861.